The average Bonchev–Trinajstić information content (AvgIpc) is 3.25. The highest BCUT2D eigenvalue weighted by atomic mass is 16.5. The molecule has 1 saturated heterocycles. The Morgan fingerprint density at radius 3 is 2.52 bits per heavy atom. The number of aryl methyl sites for hydroxylation is 1. The number of morpholine rings is 1. The number of aromatic nitrogens is 1. The summed E-state index contributed by atoms with van der Waals surface area (Å²) < 4.78 is 11.4. The maximum absolute atomic E-state index is 13.6. The summed E-state index contributed by atoms with van der Waals surface area (Å²) in [4.78, 5) is 15.9. The van der Waals surface area contributed by atoms with Crippen molar-refractivity contribution in [3.63, 3.8) is 0 Å². The molecule has 2 aliphatic rings. The van der Waals surface area contributed by atoms with E-state index in [1.807, 2.05) is 48.5 Å². The van der Waals surface area contributed by atoms with Gasteiger partial charge in [0, 0.05) is 29.9 Å². The minimum atomic E-state index is -0.0130. The summed E-state index contributed by atoms with van der Waals surface area (Å²) in [6, 6.07) is 17.7. The first-order valence-corrected chi connectivity index (χ1v) is 10.5. The topological polar surface area (TPSA) is 67.6 Å². The van der Waals surface area contributed by atoms with E-state index in [2.05, 4.69) is 28.4 Å². The predicted octanol–water partition coefficient (Wildman–Crippen LogP) is 4.93. The average molecular weight is 411 g/mol. The number of ketones is 1. The van der Waals surface area contributed by atoms with Crippen molar-refractivity contribution in [1.29, 1.82) is 0 Å². The van der Waals surface area contributed by atoms with Crippen LogP contribution in [0.3, 0.4) is 0 Å². The predicted molar refractivity (Wildman–Crippen MR) is 120 cm³/mol. The first kappa shape index (κ1) is 18.2. The van der Waals surface area contributed by atoms with E-state index in [9.17, 15) is 4.79 Å². The zero-order chi connectivity index (χ0) is 20.9. The Balaban J connectivity index is 1.63. The Bertz CT molecular complexity index is 1340. The number of nitrogens with zero attached hydrogens (tertiary/aromatic N) is 2. The molecule has 0 amide bonds. The lowest BCUT2D eigenvalue weighted by atomic mass is 9.86. The third-order valence-electron chi connectivity index (χ3n) is 6.14. The van der Waals surface area contributed by atoms with E-state index in [0.29, 0.717) is 30.1 Å². The van der Waals surface area contributed by atoms with Gasteiger partial charge in [0.2, 0.25) is 0 Å². The number of hydrogen-bond acceptors (Lipinski definition) is 6. The van der Waals surface area contributed by atoms with Gasteiger partial charge in [0.25, 0.3) is 0 Å². The van der Waals surface area contributed by atoms with E-state index in [1.54, 1.807) is 0 Å². The maximum Gasteiger partial charge on any atom is 0.196 e. The number of para-hydroxylation sites is 1. The highest BCUT2D eigenvalue weighted by Gasteiger charge is 2.34. The molecule has 3 aromatic carbocycles. The van der Waals surface area contributed by atoms with Gasteiger partial charge in [-0.1, -0.05) is 47.6 Å². The van der Waals surface area contributed by atoms with Gasteiger partial charge in [-0.05, 0) is 24.6 Å². The molecular weight excluding hydrogens is 390 g/mol. The molecule has 31 heavy (non-hydrogen) atoms. The van der Waals surface area contributed by atoms with Gasteiger partial charge in [-0.2, -0.15) is 0 Å². The van der Waals surface area contributed by atoms with Crippen molar-refractivity contribution in [2.45, 2.75) is 6.92 Å². The number of benzene rings is 3. The number of hydrogen-bond donors (Lipinski definition) is 1. The van der Waals surface area contributed by atoms with Gasteiger partial charge in [0.1, 0.15) is 5.52 Å². The van der Waals surface area contributed by atoms with Crippen LogP contribution in [-0.4, -0.2) is 37.2 Å². The highest BCUT2D eigenvalue weighted by molar-refractivity contribution is 6.28. The zero-order valence-electron chi connectivity index (χ0n) is 17.1. The molecule has 154 valence electrons. The van der Waals surface area contributed by atoms with Crippen LogP contribution >= 0.6 is 0 Å². The molecule has 1 fully saturated rings. The fraction of sp³-hybridized carbons (Fsp3) is 0.200. The monoisotopic (exact) mass is 411 g/mol. The Kier molecular flexibility index (Phi) is 4.07. The lowest BCUT2D eigenvalue weighted by Crippen LogP contribution is -2.36. The summed E-state index contributed by atoms with van der Waals surface area (Å²) in [7, 11) is 0. The molecule has 1 N–H and O–H groups in total. The van der Waals surface area contributed by atoms with E-state index < -0.39 is 0 Å². The summed E-state index contributed by atoms with van der Waals surface area (Å²) in [5, 5.41) is 8.74. The molecular formula is C25H21N3O3. The zero-order valence-corrected chi connectivity index (χ0v) is 17.1. The molecule has 6 rings (SSSR count). The van der Waals surface area contributed by atoms with Crippen LogP contribution in [-0.2, 0) is 4.74 Å². The normalized spacial score (nSPS) is 15.3. The SMILES string of the molecule is Cc1ccccc1Nc1cc(N2CCOCC2)c2noc3c2c1C(=O)c1ccccc1-3. The van der Waals surface area contributed by atoms with Crippen LogP contribution in [0.25, 0.3) is 22.2 Å². The van der Waals surface area contributed by atoms with Crippen LogP contribution in [0.4, 0.5) is 17.1 Å². The van der Waals surface area contributed by atoms with Crippen LogP contribution in [0.1, 0.15) is 21.5 Å². The van der Waals surface area contributed by atoms with E-state index in [4.69, 9.17) is 9.26 Å². The second-order valence-corrected chi connectivity index (χ2v) is 7.97. The summed E-state index contributed by atoms with van der Waals surface area (Å²) in [6.45, 7) is 4.92. The lowest BCUT2D eigenvalue weighted by Gasteiger charge is -2.30. The van der Waals surface area contributed by atoms with Crippen molar-refractivity contribution in [3.05, 3.63) is 71.3 Å². The van der Waals surface area contributed by atoms with E-state index in [-0.39, 0.29) is 5.78 Å². The Morgan fingerprint density at radius 1 is 0.968 bits per heavy atom. The minimum Gasteiger partial charge on any atom is -0.378 e. The molecule has 0 bridgehead atoms. The van der Waals surface area contributed by atoms with Crippen molar-refractivity contribution in [1.82, 2.24) is 5.16 Å². The number of carbonyl (C=O) groups is 1. The number of carbonyl (C=O) groups excluding carboxylic acids is 1. The molecule has 1 aliphatic heterocycles. The number of fused-ring (bicyclic) bond motifs is 2. The second-order valence-electron chi connectivity index (χ2n) is 7.97. The van der Waals surface area contributed by atoms with Gasteiger partial charge < -0.3 is 19.5 Å². The minimum absolute atomic E-state index is 0.0130. The summed E-state index contributed by atoms with van der Waals surface area (Å²) >= 11 is 0. The largest absolute Gasteiger partial charge is 0.378 e. The number of nitrogens with one attached hydrogen (secondary N) is 1. The molecule has 0 saturated carbocycles. The van der Waals surface area contributed by atoms with Crippen molar-refractivity contribution in [2.75, 3.05) is 36.5 Å². The molecule has 1 aromatic heterocycles. The van der Waals surface area contributed by atoms with E-state index >= 15 is 0 Å². The van der Waals surface area contributed by atoms with Crippen LogP contribution < -0.4 is 10.2 Å². The van der Waals surface area contributed by atoms with Crippen molar-refractivity contribution in [2.24, 2.45) is 0 Å². The quantitative estimate of drug-likeness (QED) is 0.454. The number of anilines is 3. The number of rotatable bonds is 3. The Morgan fingerprint density at radius 2 is 1.71 bits per heavy atom. The summed E-state index contributed by atoms with van der Waals surface area (Å²) in [6.07, 6.45) is 0. The third-order valence-corrected chi connectivity index (χ3v) is 6.14. The second kappa shape index (κ2) is 6.96. The van der Waals surface area contributed by atoms with Gasteiger partial charge in [-0.3, -0.25) is 4.79 Å². The fourth-order valence-electron chi connectivity index (χ4n) is 4.54. The first-order valence-electron chi connectivity index (χ1n) is 10.5. The standard InChI is InChI=1S/C25H21N3O3/c1-15-6-2-5-9-18(15)26-19-14-20(28-10-12-30-13-11-28)23-22-21(19)24(29)16-7-3-4-8-17(16)25(22)31-27-23/h2-9,14,26H,10-13H2,1H3. The van der Waals surface area contributed by atoms with Crippen LogP contribution in [0, 0.1) is 6.92 Å². The van der Waals surface area contributed by atoms with E-state index in [1.165, 1.54) is 0 Å². The number of ether oxygens (including phenoxy) is 1. The Labute approximate surface area is 179 Å². The summed E-state index contributed by atoms with van der Waals surface area (Å²) in [5.41, 5.74) is 6.58. The van der Waals surface area contributed by atoms with Crippen LogP contribution in [0.2, 0.25) is 0 Å². The molecule has 1 aliphatic carbocycles. The molecule has 0 spiro atoms. The van der Waals surface area contributed by atoms with Crippen molar-refractivity contribution >= 4 is 33.7 Å². The van der Waals surface area contributed by atoms with E-state index in [0.717, 1.165) is 52.2 Å². The molecule has 0 atom stereocenters. The van der Waals surface area contributed by atoms with Crippen molar-refractivity contribution in [3.8, 4) is 11.3 Å². The molecule has 6 heteroatoms. The first-order chi connectivity index (χ1) is 15.2. The van der Waals surface area contributed by atoms with Crippen LogP contribution in [0.15, 0.2) is 59.1 Å². The van der Waals surface area contributed by atoms with Crippen molar-refractivity contribution < 1.29 is 14.1 Å². The molecule has 2 heterocycles. The lowest BCUT2D eigenvalue weighted by molar-refractivity contribution is 0.104. The highest BCUT2D eigenvalue weighted by Crippen LogP contribution is 2.46. The molecule has 6 nitrogen and oxygen atoms in total. The molecule has 4 aromatic rings. The smallest absolute Gasteiger partial charge is 0.196 e. The van der Waals surface area contributed by atoms with Gasteiger partial charge >= 0.3 is 0 Å². The molecule has 0 unspecified atom stereocenters. The van der Waals surface area contributed by atoms with Gasteiger partial charge in [-0.25, -0.2) is 0 Å². The molecule has 0 radical (unpaired) electrons. The maximum atomic E-state index is 13.6. The Hall–Kier alpha value is -3.64. The van der Waals surface area contributed by atoms with Gasteiger partial charge in [0.15, 0.2) is 11.5 Å². The third kappa shape index (κ3) is 2.75. The van der Waals surface area contributed by atoms with Gasteiger partial charge in [0.05, 0.1) is 35.5 Å². The van der Waals surface area contributed by atoms with Crippen LogP contribution in [0.5, 0.6) is 0 Å². The fourth-order valence-corrected chi connectivity index (χ4v) is 4.54. The summed E-state index contributed by atoms with van der Waals surface area (Å²) in [5.74, 6) is 0.643. The van der Waals surface area contributed by atoms with Gasteiger partial charge in [-0.15, -0.1) is 0 Å².